The first-order valence-corrected chi connectivity index (χ1v) is 7.39. The lowest BCUT2D eigenvalue weighted by Gasteiger charge is -2.11. The van der Waals surface area contributed by atoms with Crippen molar-refractivity contribution in [3.05, 3.63) is 40.2 Å². The molecular weight excluding hydrogens is 292 g/mol. The third-order valence-corrected chi connectivity index (χ3v) is 4.04. The molecule has 0 aliphatic heterocycles. The van der Waals surface area contributed by atoms with Gasteiger partial charge >= 0.3 is 0 Å². The van der Waals surface area contributed by atoms with Gasteiger partial charge in [-0.3, -0.25) is 0 Å². The van der Waals surface area contributed by atoms with Crippen molar-refractivity contribution in [1.29, 1.82) is 0 Å². The van der Waals surface area contributed by atoms with Gasteiger partial charge in [0.25, 0.3) is 0 Å². The largest absolute Gasteiger partial charge is 0.357 e. The van der Waals surface area contributed by atoms with Crippen molar-refractivity contribution in [1.82, 2.24) is 9.97 Å². The van der Waals surface area contributed by atoms with Crippen molar-refractivity contribution in [2.24, 2.45) is 0 Å². The zero-order valence-corrected chi connectivity index (χ0v) is 12.6. The normalized spacial score (nSPS) is 10.8. The van der Waals surface area contributed by atoms with E-state index in [1.807, 2.05) is 43.6 Å². The first-order valence-electron chi connectivity index (χ1n) is 6.13. The molecule has 0 unspecified atom stereocenters. The van der Waals surface area contributed by atoms with Gasteiger partial charge in [-0.15, -0.1) is 11.3 Å². The summed E-state index contributed by atoms with van der Waals surface area (Å²) in [6.45, 7) is 2.03. The molecule has 0 bridgehead atoms. The van der Waals surface area contributed by atoms with Crippen LogP contribution in [0, 0.1) is 6.92 Å². The fourth-order valence-corrected chi connectivity index (χ4v) is 2.85. The van der Waals surface area contributed by atoms with Crippen LogP contribution in [-0.4, -0.2) is 17.0 Å². The zero-order chi connectivity index (χ0) is 14.1. The van der Waals surface area contributed by atoms with Crippen LogP contribution in [0.2, 0.25) is 5.02 Å². The van der Waals surface area contributed by atoms with E-state index in [0.29, 0.717) is 11.0 Å². The summed E-state index contributed by atoms with van der Waals surface area (Å²) in [6, 6.07) is 7.77. The SMILES string of the molecule is CNc1nc(Nc2cc(Cl)ccc2C)c2ccsc2n1. The molecule has 0 saturated heterocycles. The molecule has 0 radical (unpaired) electrons. The van der Waals surface area contributed by atoms with E-state index in [4.69, 9.17) is 11.6 Å². The van der Waals surface area contributed by atoms with Gasteiger partial charge in [-0.1, -0.05) is 17.7 Å². The van der Waals surface area contributed by atoms with Crippen LogP contribution in [0.5, 0.6) is 0 Å². The highest BCUT2D eigenvalue weighted by Crippen LogP contribution is 2.30. The second-order valence-electron chi connectivity index (χ2n) is 4.37. The van der Waals surface area contributed by atoms with Crippen LogP contribution in [0.15, 0.2) is 29.6 Å². The molecule has 0 aliphatic carbocycles. The Balaban J connectivity index is 2.09. The van der Waals surface area contributed by atoms with E-state index in [1.54, 1.807) is 11.3 Å². The molecule has 0 atom stereocenters. The van der Waals surface area contributed by atoms with Crippen LogP contribution in [0.4, 0.5) is 17.5 Å². The fourth-order valence-electron chi connectivity index (χ4n) is 1.92. The maximum atomic E-state index is 6.06. The summed E-state index contributed by atoms with van der Waals surface area (Å²) in [5, 5.41) is 10.0. The van der Waals surface area contributed by atoms with Crippen LogP contribution in [0.25, 0.3) is 10.2 Å². The minimum absolute atomic E-state index is 0.599. The monoisotopic (exact) mass is 304 g/mol. The number of fused-ring (bicyclic) bond motifs is 1. The van der Waals surface area contributed by atoms with Crippen LogP contribution in [0.1, 0.15) is 5.56 Å². The highest BCUT2D eigenvalue weighted by atomic mass is 35.5. The number of halogens is 1. The standard InChI is InChI=1S/C14H13ClN4S/c1-8-3-4-9(15)7-11(8)17-12-10-5-6-20-13(10)19-14(16-2)18-12/h3-7H,1-2H3,(H2,16,17,18,19). The van der Waals surface area contributed by atoms with Crippen LogP contribution in [0.3, 0.4) is 0 Å². The maximum absolute atomic E-state index is 6.06. The summed E-state index contributed by atoms with van der Waals surface area (Å²) in [4.78, 5) is 9.86. The molecule has 0 aliphatic rings. The number of nitrogens with one attached hydrogen (secondary N) is 2. The molecule has 3 aromatic rings. The molecule has 1 aromatic carbocycles. The average Bonchev–Trinajstić information content (AvgIpc) is 2.91. The lowest BCUT2D eigenvalue weighted by atomic mass is 10.2. The molecule has 0 saturated carbocycles. The molecule has 2 N–H and O–H groups in total. The van der Waals surface area contributed by atoms with Crippen molar-refractivity contribution in [3.63, 3.8) is 0 Å². The van der Waals surface area contributed by atoms with E-state index in [-0.39, 0.29) is 0 Å². The Hall–Kier alpha value is -1.85. The lowest BCUT2D eigenvalue weighted by molar-refractivity contribution is 1.20. The van der Waals surface area contributed by atoms with E-state index >= 15 is 0 Å². The summed E-state index contributed by atoms with van der Waals surface area (Å²) in [7, 11) is 1.81. The number of thiophene rings is 1. The molecule has 2 heterocycles. The van der Waals surface area contributed by atoms with Crippen molar-refractivity contribution in [2.75, 3.05) is 17.7 Å². The van der Waals surface area contributed by atoms with E-state index < -0.39 is 0 Å². The molecule has 0 amide bonds. The van der Waals surface area contributed by atoms with Gasteiger partial charge in [0.2, 0.25) is 5.95 Å². The Labute approximate surface area is 125 Å². The number of rotatable bonds is 3. The summed E-state index contributed by atoms with van der Waals surface area (Å²) in [5.74, 6) is 1.38. The third kappa shape index (κ3) is 2.42. The molecule has 6 heteroatoms. The fraction of sp³-hybridized carbons (Fsp3) is 0.143. The van der Waals surface area contributed by atoms with Gasteiger partial charge in [-0.25, -0.2) is 4.98 Å². The highest BCUT2D eigenvalue weighted by Gasteiger charge is 2.09. The third-order valence-electron chi connectivity index (χ3n) is 3.00. The predicted octanol–water partition coefficient (Wildman–Crippen LogP) is 4.44. The number of hydrogen-bond acceptors (Lipinski definition) is 5. The summed E-state index contributed by atoms with van der Waals surface area (Å²) in [6.07, 6.45) is 0. The van der Waals surface area contributed by atoms with Gasteiger partial charge in [0.1, 0.15) is 10.6 Å². The Morgan fingerprint density at radius 1 is 1.20 bits per heavy atom. The quantitative estimate of drug-likeness (QED) is 0.751. The van der Waals surface area contributed by atoms with E-state index in [0.717, 1.165) is 27.3 Å². The number of aryl methyl sites for hydroxylation is 1. The summed E-state index contributed by atoms with van der Waals surface area (Å²) in [5.41, 5.74) is 2.06. The Bertz CT molecular complexity index is 769. The van der Waals surface area contributed by atoms with Crippen LogP contribution >= 0.6 is 22.9 Å². The van der Waals surface area contributed by atoms with E-state index in [9.17, 15) is 0 Å². The topological polar surface area (TPSA) is 49.8 Å². The van der Waals surface area contributed by atoms with Gasteiger partial charge < -0.3 is 10.6 Å². The first-order chi connectivity index (χ1) is 9.67. The van der Waals surface area contributed by atoms with E-state index in [2.05, 4.69) is 20.6 Å². The second-order valence-corrected chi connectivity index (χ2v) is 5.70. The number of aromatic nitrogens is 2. The Morgan fingerprint density at radius 3 is 2.85 bits per heavy atom. The molecule has 4 nitrogen and oxygen atoms in total. The number of nitrogens with zero attached hydrogens (tertiary/aromatic N) is 2. The Morgan fingerprint density at radius 2 is 2.05 bits per heavy atom. The molecular formula is C14H13ClN4S. The lowest BCUT2D eigenvalue weighted by Crippen LogP contribution is -2.01. The molecule has 2 aromatic heterocycles. The highest BCUT2D eigenvalue weighted by molar-refractivity contribution is 7.16. The number of hydrogen-bond donors (Lipinski definition) is 2. The predicted molar refractivity (Wildman–Crippen MR) is 86.4 cm³/mol. The maximum Gasteiger partial charge on any atom is 0.225 e. The van der Waals surface area contributed by atoms with Gasteiger partial charge in [-0.2, -0.15) is 4.98 Å². The van der Waals surface area contributed by atoms with Gasteiger partial charge in [0.15, 0.2) is 0 Å². The number of anilines is 3. The average molecular weight is 305 g/mol. The smallest absolute Gasteiger partial charge is 0.225 e. The van der Waals surface area contributed by atoms with Crippen molar-refractivity contribution in [3.8, 4) is 0 Å². The van der Waals surface area contributed by atoms with Crippen molar-refractivity contribution < 1.29 is 0 Å². The molecule has 20 heavy (non-hydrogen) atoms. The second kappa shape index (κ2) is 5.26. The van der Waals surface area contributed by atoms with E-state index in [1.165, 1.54) is 0 Å². The van der Waals surface area contributed by atoms with Crippen LogP contribution < -0.4 is 10.6 Å². The minimum atomic E-state index is 0.599. The minimum Gasteiger partial charge on any atom is -0.357 e. The van der Waals surface area contributed by atoms with Crippen molar-refractivity contribution in [2.45, 2.75) is 6.92 Å². The zero-order valence-electron chi connectivity index (χ0n) is 11.1. The van der Waals surface area contributed by atoms with Gasteiger partial charge in [0.05, 0.1) is 5.39 Å². The Kier molecular flexibility index (Phi) is 3.46. The molecule has 0 spiro atoms. The number of benzene rings is 1. The summed E-state index contributed by atoms with van der Waals surface area (Å²) < 4.78 is 0. The van der Waals surface area contributed by atoms with Crippen molar-refractivity contribution >= 4 is 50.6 Å². The van der Waals surface area contributed by atoms with Crippen LogP contribution in [-0.2, 0) is 0 Å². The molecule has 0 fully saturated rings. The molecule has 102 valence electrons. The summed E-state index contributed by atoms with van der Waals surface area (Å²) >= 11 is 7.65. The molecule has 3 rings (SSSR count). The first kappa shape index (κ1) is 13.1. The van der Waals surface area contributed by atoms with Gasteiger partial charge in [-0.05, 0) is 36.1 Å². The van der Waals surface area contributed by atoms with Gasteiger partial charge in [0, 0.05) is 17.8 Å².